The molecule has 0 radical (unpaired) electrons. The van der Waals surface area contributed by atoms with E-state index in [0.717, 1.165) is 30.0 Å². The molecule has 1 atom stereocenters. The number of halogens is 1. The highest BCUT2D eigenvalue weighted by Crippen LogP contribution is 2.22. The Morgan fingerprint density at radius 2 is 1.95 bits per heavy atom. The van der Waals surface area contributed by atoms with Crippen LogP contribution in [0.4, 0.5) is 4.39 Å². The first-order chi connectivity index (χ1) is 10.3. The molecule has 21 heavy (non-hydrogen) atoms. The van der Waals surface area contributed by atoms with Crippen LogP contribution in [-0.2, 0) is 6.42 Å². The number of thioether (sulfide) groups is 1. The smallest absolute Gasteiger partial charge is 0.136 e. The molecule has 1 aromatic heterocycles. The van der Waals surface area contributed by atoms with Gasteiger partial charge in [0.15, 0.2) is 0 Å². The van der Waals surface area contributed by atoms with Gasteiger partial charge in [0.05, 0.1) is 0 Å². The summed E-state index contributed by atoms with van der Waals surface area (Å²) in [5, 5.41) is 3.54. The molecule has 1 N–H and O–H groups in total. The molecule has 2 nitrogen and oxygen atoms in total. The molecular formula is C17H21FN2S. The molecule has 0 amide bonds. The van der Waals surface area contributed by atoms with E-state index in [-0.39, 0.29) is 5.82 Å². The number of benzene rings is 1. The van der Waals surface area contributed by atoms with Crippen molar-refractivity contribution < 1.29 is 4.39 Å². The summed E-state index contributed by atoms with van der Waals surface area (Å²) in [6, 6.07) is 11.4. The van der Waals surface area contributed by atoms with Crippen LogP contribution in [0, 0.1) is 5.82 Å². The Bertz CT molecular complexity index is 533. The maximum Gasteiger partial charge on any atom is 0.136 e. The van der Waals surface area contributed by atoms with E-state index < -0.39 is 0 Å². The van der Waals surface area contributed by atoms with Gasteiger partial charge in [-0.05, 0) is 49.2 Å². The number of aromatic nitrogens is 1. The zero-order valence-corrected chi connectivity index (χ0v) is 13.1. The predicted octanol–water partition coefficient (Wildman–Crippen LogP) is 3.92. The monoisotopic (exact) mass is 304 g/mol. The molecule has 1 aromatic carbocycles. The summed E-state index contributed by atoms with van der Waals surface area (Å²) in [7, 11) is 0. The fourth-order valence-electron chi connectivity index (χ4n) is 2.09. The number of pyridine rings is 1. The van der Waals surface area contributed by atoms with Gasteiger partial charge >= 0.3 is 0 Å². The average Bonchev–Trinajstić information content (AvgIpc) is 2.52. The molecule has 0 spiro atoms. The average molecular weight is 304 g/mol. The Kier molecular flexibility index (Phi) is 6.70. The van der Waals surface area contributed by atoms with Crippen molar-refractivity contribution in [1.29, 1.82) is 0 Å². The van der Waals surface area contributed by atoms with Crippen molar-refractivity contribution in [2.24, 2.45) is 0 Å². The summed E-state index contributed by atoms with van der Waals surface area (Å²) in [6.07, 6.45) is 5.66. The van der Waals surface area contributed by atoms with E-state index in [2.05, 4.69) is 17.2 Å². The molecule has 0 fully saturated rings. The third-order valence-corrected chi connectivity index (χ3v) is 4.40. The lowest BCUT2D eigenvalue weighted by Crippen LogP contribution is -2.34. The normalized spacial score (nSPS) is 12.3. The Morgan fingerprint density at radius 3 is 2.67 bits per heavy atom. The largest absolute Gasteiger partial charge is 0.313 e. The molecule has 0 aliphatic rings. The fraction of sp³-hybridized carbons (Fsp3) is 0.353. The van der Waals surface area contributed by atoms with Crippen LogP contribution in [0.25, 0.3) is 0 Å². The van der Waals surface area contributed by atoms with Crippen molar-refractivity contribution in [2.45, 2.75) is 30.7 Å². The third kappa shape index (κ3) is 5.48. The predicted molar refractivity (Wildman–Crippen MR) is 87.1 cm³/mol. The van der Waals surface area contributed by atoms with Gasteiger partial charge < -0.3 is 5.32 Å². The van der Waals surface area contributed by atoms with Gasteiger partial charge in [0.25, 0.3) is 0 Å². The van der Waals surface area contributed by atoms with Crippen molar-refractivity contribution in [3.05, 3.63) is 60.2 Å². The molecule has 2 aromatic rings. The standard InChI is InChI=1S/C17H21FN2S/c1-2-9-20-15(12-14-7-10-19-11-8-14)13-21-17-6-4-3-5-16(17)18/h3-8,10-11,15,20H,2,9,12-13H2,1H3. The van der Waals surface area contributed by atoms with Crippen LogP contribution in [0.2, 0.25) is 0 Å². The van der Waals surface area contributed by atoms with Crippen LogP contribution in [0.1, 0.15) is 18.9 Å². The van der Waals surface area contributed by atoms with Crippen LogP contribution in [0.5, 0.6) is 0 Å². The zero-order valence-electron chi connectivity index (χ0n) is 12.3. The number of nitrogens with one attached hydrogen (secondary N) is 1. The highest BCUT2D eigenvalue weighted by Gasteiger charge is 2.11. The second-order valence-electron chi connectivity index (χ2n) is 4.95. The van der Waals surface area contributed by atoms with Crippen molar-refractivity contribution in [1.82, 2.24) is 10.3 Å². The Balaban J connectivity index is 1.94. The summed E-state index contributed by atoms with van der Waals surface area (Å²) >= 11 is 1.57. The van der Waals surface area contributed by atoms with Crippen molar-refractivity contribution in [3.8, 4) is 0 Å². The molecule has 2 rings (SSSR count). The van der Waals surface area contributed by atoms with Crippen molar-refractivity contribution in [2.75, 3.05) is 12.3 Å². The molecular weight excluding hydrogens is 283 g/mol. The molecule has 0 saturated heterocycles. The topological polar surface area (TPSA) is 24.9 Å². The van der Waals surface area contributed by atoms with E-state index in [0.29, 0.717) is 6.04 Å². The SMILES string of the molecule is CCCNC(CSc1ccccc1F)Cc1ccncc1. The third-order valence-electron chi connectivity index (χ3n) is 3.19. The molecule has 0 aliphatic heterocycles. The number of rotatable bonds is 8. The molecule has 4 heteroatoms. The molecule has 112 valence electrons. The van der Waals surface area contributed by atoms with Gasteiger partial charge in [-0.3, -0.25) is 4.98 Å². The first-order valence-corrected chi connectivity index (χ1v) is 8.27. The van der Waals surface area contributed by atoms with Gasteiger partial charge in [0.1, 0.15) is 5.82 Å². The molecule has 0 bridgehead atoms. The second kappa shape index (κ2) is 8.80. The number of hydrogen-bond acceptors (Lipinski definition) is 3. The molecule has 0 saturated carbocycles. The zero-order chi connectivity index (χ0) is 14.9. The van der Waals surface area contributed by atoms with Crippen LogP contribution in [0.3, 0.4) is 0 Å². The fourth-order valence-corrected chi connectivity index (χ4v) is 3.09. The minimum absolute atomic E-state index is 0.138. The highest BCUT2D eigenvalue weighted by molar-refractivity contribution is 7.99. The molecule has 1 heterocycles. The van der Waals surface area contributed by atoms with Crippen LogP contribution in [0.15, 0.2) is 53.7 Å². The van der Waals surface area contributed by atoms with Crippen molar-refractivity contribution in [3.63, 3.8) is 0 Å². The summed E-state index contributed by atoms with van der Waals surface area (Å²) in [6.45, 7) is 3.13. The second-order valence-corrected chi connectivity index (χ2v) is 6.01. The summed E-state index contributed by atoms with van der Waals surface area (Å²) in [5.74, 6) is 0.712. The van der Waals surface area contributed by atoms with E-state index in [1.807, 2.05) is 36.7 Å². The Labute approximate surface area is 130 Å². The van der Waals surface area contributed by atoms with E-state index in [1.54, 1.807) is 17.8 Å². The summed E-state index contributed by atoms with van der Waals surface area (Å²) in [5.41, 5.74) is 1.26. The Hall–Kier alpha value is -1.39. The van der Waals surface area contributed by atoms with Crippen LogP contribution in [-0.4, -0.2) is 23.3 Å². The Morgan fingerprint density at radius 1 is 1.19 bits per heavy atom. The van der Waals surface area contributed by atoms with Crippen LogP contribution >= 0.6 is 11.8 Å². The lowest BCUT2D eigenvalue weighted by molar-refractivity contribution is 0.549. The van der Waals surface area contributed by atoms with E-state index in [4.69, 9.17) is 0 Å². The lowest BCUT2D eigenvalue weighted by atomic mass is 10.1. The van der Waals surface area contributed by atoms with Gasteiger partial charge in [-0.15, -0.1) is 11.8 Å². The quantitative estimate of drug-likeness (QED) is 0.748. The first kappa shape index (κ1) is 16.0. The lowest BCUT2D eigenvalue weighted by Gasteiger charge is -2.18. The first-order valence-electron chi connectivity index (χ1n) is 7.29. The number of nitrogens with zero attached hydrogens (tertiary/aromatic N) is 1. The van der Waals surface area contributed by atoms with Gasteiger partial charge in [-0.25, -0.2) is 4.39 Å². The van der Waals surface area contributed by atoms with Gasteiger partial charge in [0, 0.05) is 29.1 Å². The van der Waals surface area contributed by atoms with E-state index >= 15 is 0 Å². The minimum atomic E-state index is -0.138. The number of hydrogen-bond donors (Lipinski definition) is 1. The summed E-state index contributed by atoms with van der Waals surface area (Å²) in [4.78, 5) is 4.76. The van der Waals surface area contributed by atoms with Gasteiger partial charge in [0.2, 0.25) is 0 Å². The maximum atomic E-state index is 13.7. The van der Waals surface area contributed by atoms with Gasteiger partial charge in [-0.2, -0.15) is 0 Å². The molecule has 1 unspecified atom stereocenters. The summed E-state index contributed by atoms with van der Waals surface area (Å²) < 4.78 is 13.7. The maximum absolute atomic E-state index is 13.7. The minimum Gasteiger partial charge on any atom is -0.313 e. The highest BCUT2D eigenvalue weighted by atomic mass is 32.2. The van der Waals surface area contributed by atoms with E-state index in [9.17, 15) is 4.39 Å². The van der Waals surface area contributed by atoms with Gasteiger partial charge in [-0.1, -0.05) is 19.1 Å². The van der Waals surface area contributed by atoms with Crippen molar-refractivity contribution >= 4 is 11.8 Å². The van der Waals surface area contributed by atoms with E-state index in [1.165, 1.54) is 11.6 Å². The molecule has 0 aliphatic carbocycles. The van der Waals surface area contributed by atoms with Crippen LogP contribution < -0.4 is 5.32 Å².